The lowest BCUT2D eigenvalue weighted by Gasteiger charge is -2.05. The summed E-state index contributed by atoms with van der Waals surface area (Å²) in [6.45, 7) is 4.83. The zero-order valence-electron chi connectivity index (χ0n) is 12.8. The molecule has 22 heavy (non-hydrogen) atoms. The summed E-state index contributed by atoms with van der Waals surface area (Å²) in [5.41, 5.74) is -0.160. The molecule has 0 aliphatic carbocycles. The second kappa shape index (κ2) is 6.59. The smallest absolute Gasteiger partial charge is 0.330 e. The van der Waals surface area contributed by atoms with E-state index >= 15 is 0 Å². The lowest BCUT2D eigenvalue weighted by molar-refractivity contribution is -0.137. The molecule has 0 spiro atoms. The Balaban J connectivity index is 2.57. The van der Waals surface area contributed by atoms with E-state index in [2.05, 4.69) is 9.97 Å². The first-order chi connectivity index (χ1) is 10.5. The van der Waals surface area contributed by atoms with Gasteiger partial charge in [-0.15, -0.1) is 0 Å². The zero-order chi connectivity index (χ0) is 16.3. The zero-order valence-corrected chi connectivity index (χ0v) is 12.8. The van der Waals surface area contributed by atoms with Crippen molar-refractivity contribution in [1.29, 1.82) is 0 Å². The van der Waals surface area contributed by atoms with Crippen molar-refractivity contribution in [1.82, 2.24) is 19.1 Å². The van der Waals surface area contributed by atoms with Crippen molar-refractivity contribution in [3.63, 3.8) is 0 Å². The van der Waals surface area contributed by atoms with Crippen molar-refractivity contribution in [2.45, 2.75) is 52.6 Å². The minimum Gasteiger partial charge on any atom is -0.481 e. The number of nitrogens with one attached hydrogen (secondary N) is 1. The van der Waals surface area contributed by atoms with E-state index in [0.717, 1.165) is 6.42 Å². The van der Waals surface area contributed by atoms with Crippen LogP contribution in [0.2, 0.25) is 0 Å². The first kappa shape index (κ1) is 16.0. The Bertz CT molecular complexity index is 800. The van der Waals surface area contributed by atoms with E-state index in [1.807, 2.05) is 13.8 Å². The number of aromatic nitrogens is 4. The van der Waals surface area contributed by atoms with Crippen LogP contribution < -0.4 is 11.2 Å². The van der Waals surface area contributed by atoms with Gasteiger partial charge in [0.05, 0.1) is 0 Å². The molecule has 2 aromatic heterocycles. The monoisotopic (exact) mass is 308 g/mol. The van der Waals surface area contributed by atoms with E-state index in [0.29, 0.717) is 42.9 Å². The number of aromatic amines is 1. The summed E-state index contributed by atoms with van der Waals surface area (Å²) in [6.07, 6.45) is 1.68. The average molecular weight is 308 g/mol. The van der Waals surface area contributed by atoms with Gasteiger partial charge >= 0.3 is 11.7 Å². The third-order valence-electron chi connectivity index (χ3n) is 3.52. The molecule has 2 N–H and O–H groups in total. The van der Waals surface area contributed by atoms with Gasteiger partial charge in [-0.3, -0.25) is 19.1 Å². The van der Waals surface area contributed by atoms with Gasteiger partial charge in [0.2, 0.25) is 0 Å². The number of fused-ring (bicyclic) bond motifs is 1. The van der Waals surface area contributed by atoms with Gasteiger partial charge < -0.3 is 9.67 Å². The molecule has 2 aromatic rings. The quantitative estimate of drug-likeness (QED) is 0.783. The molecule has 8 nitrogen and oxygen atoms in total. The molecular formula is C14H20N4O4. The van der Waals surface area contributed by atoms with Crippen LogP contribution in [-0.4, -0.2) is 30.2 Å². The van der Waals surface area contributed by atoms with Crippen molar-refractivity contribution >= 4 is 17.1 Å². The molecule has 0 atom stereocenters. The Morgan fingerprint density at radius 2 is 2.00 bits per heavy atom. The maximum atomic E-state index is 12.1. The van der Waals surface area contributed by atoms with E-state index in [1.54, 1.807) is 4.57 Å². The van der Waals surface area contributed by atoms with Crippen molar-refractivity contribution in [3.05, 3.63) is 26.7 Å². The highest BCUT2D eigenvalue weighted by atomic mass is 16.4. The van der Waals surface area contributed by atoms with Crippen molar-refractivity contribution < 1.29 is 9.90 Å². The first-order valence-corrected chi connectivity index (χ1v) is 7.43. The number of rotatable bonds is 7. The number of carboxylic acid groups (broad SMARTS) is 1. The number of hydrogen-bond acceptors (Lipinski definition) is 4. The highest BCUT2D eigenvalue weighted by Gasteiger charge is 2.17. The molecule has 2 rings (SSSR count). The van der Waals surface area contributed by atoms with E-state index < -0.39 is 17.2 Å². The van der Waals surface area contributed by atoms with Crippen molar-refractivity contribution in [2.24, 2.45) is 0 Å². The van der Waals surface area contributed by atoms with Gasteiger partial charge in [-0.25, -0.2) is 9.78 Å². The molecule has 8 heteroatoms. The molecule has 0 radical (unpaired) electrons. The summed E-state index contributed by atoms with van der Waals surface area (Å²) in [5, 5.41) is 8.72. The molecule has 120 valence electrons. The Morgan fingerprint density at radius 1 is 1.27 bits per heavy atom. The van der Waals surface area contributed by atoms with Gasteiger partial charge in [-0.05, 0) is 19.8 Å². The summed E-state index contributed by atoms with van der Waals surface area (Å²) in [5.74, 6) is -0.223. The van der Waals surface area contributed by atoms with Gasteiger partial charge in [0, 0.05) is 25.9 Å². The fraction of sp³-hybridized carbons (Fsp3) is 0.571. The predicted molar refractivity (Wildman–Crippen MR) is 81.2 cm³/mol. The minimum atomic E-state index is -0.861. The molecule has 0 saturated heterocycles. The second-order valence-electron chi connectivity index (χ2n) is 5.10. The SMILES string of the molecule is CCCn1c(=O)[nH]c(=O)c2c1nc(CCCC(=O)O)n2CC. The van der Waals surface area contributed by atoms with Crippen LogP contribution in [0, 0.1) is 0 Å². The van der Waals surface area contributed by atoms with E-state index in [-0.39, 0.29) is 6.42 Å². The van der Waals surface area contributed by atoms with Gasteiger partial charge in [-0.1, -0.05) is 6.92 Å². The van der Waals surface area contributed by atoms with Crippen LogP contribution in [0.15, 0.2) is 9.59 Å². The summed E-state index contributed by atoms with van der Waals surface area (Å²) < 4.78 is 3.21. The maximum Gasteiger partial charge on any atom is 0.330 e. The molecule has 0 aliphatic rings. The first-order valence-electron chi connectivity index (χ1n) is 7.43. The Morgan fingerprint density at radius 3 is 2.59 bits per heavy atom. The fourth-order valence-electron chi connectivity index (χ4n) is 2.58. The second-order valence-corrected chi connectivity index (χ2v) is 5.10. The predicted octanol–water partition coefficient (Wildman–Crippen LogP) is 0.723. The van der Waals surface area contributed by atoms with Crippen LogP contribution >= 0.6 is 0 Å². The number of aliphatic carboxylic acids is 1. The summed E-state index contributed by atoms with van der Waals surface area (Å²) >= 11 is 0. The Kier molecular flexibility index (Phi) is 4.79. The highest BCUT2D eigenvalue weighted by Crippen LogP contribution is 2.14. The number of nitrogens with zero attached hydrogens (tertiary/aromatic N) is 3. The molecule has 0 aliphatic heterocycles. The molecule has 0 amide bonds. The number of H-pyrrole nitrogens is 1. The minimum absolute atomic E-state index is 0.0467. The number of carboxylic acids is 1. The van der Waals surface area contributed by atoms with Gasteiger partial charge in [-0.2, -0.15) is 0 Å². The number of imidazole rings is 1. The summed E-state index contributed by atoms with van der Waals surface area (Å²) in [7, 11) is 0. The molecular weight excluding hydrogens is 288 g/mol. The summed E-state index contributed by atoms with van der Waals surface area (Å²) in [6, 6.07) is 0. The standard InChI is InChI=1S/C14H20N4O4/c1-3-8-18-12-11(13(21)16-14(18)22)17(4-2)9(15-12)6-5-7-10(19)20/h3-8H2,1-2H3,(H,19,20)(H,16,21,22). The van der Waals surface area contributed by atoms with Crippen LogP contribution in [0.3, 0.4) is 0 Å². The van der Waals surface area contributed by atoms with Crippen LogP contribution in [0.5, 0.6) is 0 Å². The normalized spacial score (nSPS) is 11.2. The van der Waals surface area contributed by atoms with E-state index in [9.17, 15) is 14.4 Å². The molecule has 0 saturated carbocycles. The van der Waals surface area contributed by atoms with E-state index in [1.165, 1.54) is 4.57 Å². The van der Waals surface area contributed by atoms with Gasteiger partial charge in [0.25, 0.3) is 5.56 Å². The van der Waals surface area contributed by atoms with Gasteiger partial charge in [0.15, 0.2) is 11.2 Å². The molecule has 0 aromatic carbocycles. The lowest BCUT2D eigenvalue weighted by Crippen LogP contribution is -2.31. The topological polar surface area (TPSA) is 110 Å². The van der Waals surface area contributed by atoms with Crippen LogP contribution in [0.25, 0.3) is 11.2 Å². The maximum absolute atomic E-state index is 12.1. The van der Waals surface area contributed by atoms with Crippen molar-refractivity contribution in [3.8, 4) is 0 Å². The fourth-order valence-corrected chi connectivity index (χ4v) is 2.58. The highest BCUT2D eigenvalue weighted by molar-refractivity contribution is 5.71. The third-order valence-corrected chi connectivity index (χ3v) is 3.52. The molecule has 0 bridgehead atoms. The van der Waals surface area contributed by atoms with Gasteiger partial charge in [0.1, 0.15) is 5.82 Å². The Hall–Kier alpha value is -2.38. The molecule has 0 fully saturated rings. The lowest BCUT2D eigenvalue weighted by atomic mass is 10.2. The number of aryl methyl sites for hydroxylation is 3. The number of hydrogen-bond donors (Lipinski definition) is 2. The number of carbonyl (C=O) groups is 1. The third kappa shape index (κ3) is 2.95. The Labute approximate surface area is 126 Å². The van der Waals surface area contributed by atoms with Crippen LogP contribution in [0.4, 0.5) is 0 Å². The molecule has 2 heterocycles. The summed E-state index contributed by atoms with van der Waals surface area (Å²) in [4.78, 5) is 41.4. The largest absolute Gasteiger partial charge is 0.481 e. The van der Waals surface area contributed by atoms with E-state index in [4.69, 9.17) is 5.11 Å². The average Bonchev–Trinajstić information content (AvgIpc) is 2.82. The van der Waals surface area contributed by atoms with Crippen LogP contribution in [-0.2, 0) is 24.3 Å². The van der Waals surface area contributed by atoms with Crippen molar-refractivity contribution in [2.75, 3.05) is 0 Å². The molecule has 0 unspecified atom stereocenters. The van der Waals surface area contributed by atoms with Crippen LogP contribution in [0.1, 0.15) is 38.9 Å².